The largest absolute Gasteiger partial charge is 0.312 e. The molecule has 6 heteroatoms. The summed E-state index contributed by atoms with van der Waals surface area (Å²) < 4.78 is 0. The van der Waals surface area contributed by atoms with Gasteiger partial charge >= 0.3 is 0 Å². The summed E-state index contributed by atoms with van der Waals surface area (Å²) in [6.45, 7) is 4.42. The van der Waals surface area contributed by atoms with Gasteiger partial charge in [-0.25, -0.2) is 0 Å². The molecule has 1 saturated heterocycles. The normalized spacial score (nSPS) is 20.2. The number of hydrogen-bond acceptors (Lipinski definition) is 5. The number of thiophene rings is 1. The first-order chi connectivity index (χ1) is 9.17. The summed E-state index contributed by atoms with van der Waals surface area (Å²) in [4.78, 5) is 27.6. The lowest BCUT2D eigenvalue weighted by molar-refractivity contribution is -0.108. The Morgan fingerprint density at radius 2 is 2.42 bits per heavy atom. The molecule has 0 saturated carbocycles. The molecule has 1 amide bonds. The molecule has 0 aromatic carbocycles. The SMILES string of the molecule is CCC(=O)c1ccc(N(C=O)C2CNCCN2C)s1. The van der Waals surface area contributed by atoms with E-state index in [0.29, 0.717) is 6.42 Å². The van der Waals surface area contributed by atoms with Gasteiger partial charge in [-0.1, -0.05) is 6.92 Å². The van der Waals surface area contributed by atoms with E-state index in [1.165, 1.54) is 11.3 Å². The van der Waals surface area contributed by atoms with E-state index in [1.807, 2.05) is 20.0 Å². The molecule has 1 N–H and O–H groups in total. The lowest BCUT2D eigenvalue weighted by Gasteiger charge is -2.38. The van der Waals surface area contributed by atoms with Crippen molar-refractivity contribution in [2.24, 2.45) is 0 Å². The van der Waals surface area contributed by atoms with Gasteiger partial charge in [0.1, 0.15) is 6.17 Å². The molecule has 1 aromatic heterocycles. The molecule has 0 aliphatic carbocycles. The van der Waals surface area contributed by atoms with Crippen LogP contribution in [0, 0.1) is 0 Å². The second kappa shape index (κ2) is 6.27. The number of piperazine rings is 1. The van der Waals surface area contributed by atoms with Crippen LogP contribution in [0.1, 0.15) is 23.0 Å². The lowest BCUT2D eigenvalue weighted by Crippen LogP contribution is -2.57. The summed E-state index contributed by atoms with van der Waals surface area (Å²) in [6, 6.07) is 3.66. The van der Waals surface area contributed by atoms with Crippen molar-refractivity contribution in [3.05, 3.63) is 17.0 Å². The monoisotopic (exact) mass is 281 g/mol. The highest BCUT2D eigenvalue weighted by molar-refractivity contribution is 7.18. The highest BCUT2D eigenvalue weighted by atomic mass is 32.1. The van der Waals surface area contributed by atoms with Gasteiger partial charge in [0.05, 0.1) is 9.88 Å². The molecule has 19 heavy (non-hydrogen) atoms. The van der Waals surface area contributed by atoms with E-state index >= 15 is 0 Å². The van der Waals surface area contributed by atoms with Crippen molar-refractivity contribution < 1.29 is 9.59 Å². The Balaban J connectivity index is 2.19. The predicted molar refractivity (Wildman–Crippen MR) is 76.8 cm³/mol. The van der Waals surface area contributed by atoms with Crippen molar-refractivity contribution in [1.82, 2.24) is 10.2 Å². The van der Waals surface area contributed by atoms with Crippen molar-refractivity contribution in [3.8, 4) is 0 Å². The van der Waals surface area contributed by atoms with E-state index in [-0.39, 0.29) is 11.9 Å². The number of Topliss-reactive ketones (excluding diaryl/α,β-unsaturated/α-hetero) is 1. The Bertz CT molecular complexity index is 460. The summed E-state index contributed by atoms with van der Waals surface area (Å²) in [5.74, 6) is 0.122. The van der Waals surface area contributed by atoms with Crippen molar-refractivity contribution in [2.45, 2.75) is 19.5 Å². The topological polar surface area (TPSA) is 52.7 Å². The number of anilines is 1. The standard InChI is InChI=1S/C13H19N3O2S/c1-3-10(18)11-4-5-13(19-11)16(9-17)12-8-14-6-7-15(12)2/h4-5,9,12,14H,3,6-8H2,1-2H3. The van der Waals surface area contributed by atoms with Gasteiger partial charge in [0, 0.05) is 26.1 Å². The number of carbonyl (C=O) groups excluding carboxylic acids is 2. The van der Waals surface area contributed by atoms with Crippen LogP contribution in [0.2, 0.25) is 0 Å². The summed E-state index contributed by atoms with van der Waals surface area (Å²) in [5, 5.41) is 4.11. The number of nitrogens with zero attached hydrogens (tertiary/aromatic N) is 2. The maximum absolute atomic E-state index is 11.7. The third kappa shape index (κ3) is 3.02. The number of rotatable bonds is 5. The fraction of sp³-hybridized carbons (Fsp3) is 0.538. The Morgan fingerprint density at radius 1 is 1.63 bits per heavy atom. The van der Waals surface area contributed by atoms with E-state index in [2.05, 4.69) is 10.2 Å². The lowest BCUT2D eigenvalue weighted by atomic mass is 10.2. The molecule has 104 valence electrons. The first-order valence-corrected chi connectivity index (χ1v) is 7.26. The molecule has 5 nitrogen and oxygen atoms in total. The number of likely N-dealkylation sites (N-methyl/N-ethyl adjacent to an activating group) is 1. The fourth-order valence-corrected chi connectivity index (χ4v) is 3.19. The minimum Gasteiger partial charge on any atom is -0.312 e. The highest BCUT2D eigenvalue weighted by Gasteiger charge is 2.26. The van der Waals surface area contributed by atoms with Crippen LogP contribution in [-0.4, -0.2) is 49.9 Å². The summed E-state index contributed by atoms with van der Waals surface area (Å²) in [5.41, 5.74) is 0. The van der Waals surface area contributed by atoms with E-state index < -0.39 is 0 Å². The number of ketones is 1. The summed E-state index contributed by atoms with van der Waals surface area (Å²) in [7, 11) is 2.01. The molecule has 1 aromatic rings. The maximum atomic E-state index is 11.7. The number of hydrogen-bond donors (Lipinski definition) is 1. The highest BCUT2D eigenvalue weighted by Crippen LogP contribution is 2.28. The Morgan fingerprint density at radius 3 is 3.05 bits per heavy atom. The van der Waals surface area contributed by atoms with Crippen LogP contribution in [0.15, 0.2) is 12.1 Å². The fourth-order valence-electron chi connectivity index (χ4n) is 2.16. The average Bonchev–Trinajstić information content (AvgIpc) is 2.90. The molecule has 2 rings (SSSR count). The predicted octanol–water partition coefficient (Wildman–Crippen LogP) is 1.16. The minimum absolute atomic E-state index is 0.00878. The molecule has 0 spiro atoms. The second-order valence-corrected chi connectivity index (χ2v) is 5.65. The summed E-state index contributed by atoms with van der Waals surface area (Å²) >= 11 is 1.38. The van der Waals surface area contributed by atoms with Crippen LogP contribution in [0.3, 0.4) is 0 Å². The molecular formula is C13H19N3O2S. The number of carbonyl (C=O) groups is 2. The van der Waals surface area contributed by atoms with E-state index in [9.17, 15) is 9.59 Å². The van der Waals surface area contributed by atoms with Crippen LogP contribution < -0.4 is 10.2 Å². The first kappa shape index (κ1) is 14.2. The van der Waals surface area contributed by atoms with Crippen molar-refractivity contribution in [2.75, 3.05) is 31.6 Å². The molecule has 1 fully saturated rings. The van der Waals surface area contributed by atoms with E-state index in [4.69, 9.17) is 0 Å². The van der Waals surface area contributed by atoms with Gasteiger partial charge in [-0.15, -0.1) is 11.3 Å². The summed E-state index contributed by atoms with van der Waals surface area (Å²) in [6.07, 6.45) is 1.35. The van der Waals surface area contributed by atoms with Crippen LogP contribution >= 0.6 is 11.3 Å². The van der Waals surface area contributed by atoms with Crippen LogP contribution in [0.25, 0.3) is 0 Å². The Kier molecular flexibility index (Phi) is 4.68. The van der Waals surface area contributed by atoms with Crippen molar-refractivity contribution in [1.29, 1.82) is 0 Å². The maximum Gasteiger partial charge on any atom is 0.216 e. The molecule has 1 atom stereocenters. The molecule has 0 bridgehead atoms. The second-order valence-electron chi connectivity index (χ2n) is 4.59. The van der Waals surface area contributed by atoms with Crippen molar-refractivity contribution >= 4 is 28.5 Å². The average molecular weight is 281 g/mol. The van der Waals surface area contributed by atoms with Gasteiger partial charge in [0.2, 0.25) is 6.41 Å². The molecule has 1 unspecified atom stereocenters. The van der Waals surface area contributed by atoms with Gasteiger partial charge in [0.15, 0.2) is 5.78 Å². The van der Waals surface area contributed by atoms with Gasteiger partial charge < -0.3 is 5.32 Å². The van der Waals surface area contributed by atoms with Gasteiger partial charge in [0.25, 0.3) is 0 Å². The van der Waals surface area contributed by atoms with E-state index in [0.717, 1.165) is 35.9 Å². The van der Waals surface area contributed by atoms with Crippen LogP contribution in [0.4, 0.5) is 5.00 Å². The third-order valence-corrected chi connectivity index (χ3v) is 4.49. The Labute approximate surface area is 117 Å². The first-order valence-electron chi connectivity index (χ1n) is 6.45. The smallest absolute Gasteiger partial charge is 0.216 e. The molecule has 2 heterocycles. The van der Waals surface area contributed by atoms with Gasteiger partial charge in [-0.2, -0.15) is 0 Å². The number of nitrogens with one attached hydrogen (secondary N) is 1. The number of amides is 1. The zero-order valence-corrected chi connectivity index (χ0v) is 12.1. The van der Waals surface area contributed by atoms with E-state index in [1.54, 1.807) is 11.0 Å². The minimum atomic E-state index is 0.00878. The zero-order valence-electron chi connectivity index (χ0n) is 11.3. The quantitative estimate of drug-likeness (QED) is 0.650. The molecular weight excluding hydrogens is 262 g/mol. The molecule has 1 aliphatic heterocycles. The Hall–Kier alpha value is -1.24. The molecule has 0 radical (unpaired) electrons. The molecule has 1 aliphatic rings. The van der Waals surface area contributed by atoms with Crippen LogP contribution in [0.5, 0.6) is 0 Å². The van der Waals surface area contributed by atoms with Crippen LogP contribution in [-0.2, 0) is 4.79 Å². The zero-order chi connectivity index (χ0) is 13.8. The van der Waals surface area contributed by atoms with Crippen molar-refractivity contribution in [3.63, 3.8) is 0 Å². The van der Waals surface area contributed by atoms with Gasteiger partial charge in [-0.3, -0.25) is 19.4 Å². The third-order valence-electron chi connectivity index (χ3n) is 3.35. The van der Waals surface area contributed by atoms with Gasteiger partial charge in [-0.05, 0) is 19.2 Å².